The Labute approximate surface area is 166 Å². The lowest BCUT2D eigenvalue weighted by Gasteiger charge is -2.15. The first-order chi connectivity index (χ1) is 14.0. The highest BCUT2D eigenvalue weighted by atomic mass is 16.5. The van der Waals surface area contributed by atoms with Gasteiger partial charge in [0.05, 0.1) is 11.6 Å². The molecule has 0 spiro atoms. The number of amides is 2. The lowest BCUT2D eigenvalue weighted by Crippen LogP contribution is -2.48. The number of ether oxygens (including phenoxy) is 1. The second kappa shape index (κ2) is 9.09. The Morgan fingerprint density at radius 1 is 1.14 bits per heavy atom. The summed E-state index contributed by atoms with van der Waals surface area (Å²) in [6.07, 6.45) is -0.864. The molecule has 146 valence electrons. The van der Waals surface area contributed by atoms with E-state index in [2.05, 4.69) is 26.3 Å². The molecule has 2 aromatic carbocycles. The SMILES string of the molecule is C[C@@H](Oc1ccc(C#N)cc1)C(=O)NNC(=O)Cn1nnc(-c2ccccc2)n1. The van der Waals surface area contributed by atoms with Crippen molar-refractivity contribution in [2.24, 2.45) is 0 Å². The van der Waals surface area contributed by atoms with Gasteiger partial charge in [-0.05, 0) is 36.4 Å². The van der Waals surface area contributed by atoms with Crippen LogP contribution in [0, 0.1) is 11.3 Å². The molecule has 1 aromatic heterocycles. The number of nitrogens with zero attached hydrogens (tertiary/aromatic N) is 5. The number of benzene rings is 2. The van der Waals surface area contributed by atoms with Crippen LogP contribution in [0.4, 0.5) is 0 Å². The molecule has 0 radical (unpaired) electrons. The summed E-state index contributed by atoms with van der Waals surface area (Å²) in [7, 11) is 0. The summed E-state index contributed by atoms with van der Waals surface area (Å²) in [4.78, 5) is 25.2. The first kappa shape index (κ1) is 19.5. The minimum atomic E-state index is -0.864. The maximum Gasteiger partial charge on any atom is 0.279 e. The third-order valence-corrected chi connectivity index (χ3v) is 3.76. The lowest BCUT2D eigenvalue weighted by atomic mass is 10.2. The highest BCUT2D eigenvalue weighted by Crippen LogP contribution is 2.13. The summed E-state index contributed by atoms with van der Waals surface area (Å²) in [5.74, 6) is -0.245. The predicted molar refractivity (Wildman–Crippen MR) is 101 cm³/mol. The van der Waals surface area contributed by atoms with Gasteiger partial charge in [0.25, 0.3) is 11.8 Å². The first-order valence-electron chi connectivity index (χ1n) is 8.64. The van der Waals surface area contributed by atoms with Crippen LogP contribution in [0.1, 0.15) is 12.5 Å². The van der Waals surface area contributed by atoms with Crippen LogP contribution in [0.2, 0.25) is 0 Å². The average Bonchev–Trinajstić information content (AvgIpc) is 3.21. The van der Waals surface area contributed by atoms with E-state index in [1.165, 1.54) is 6.92 Å². The van der Waals surface area contributed by atoms with Gasteiger partial charge in [0.2, 0.25) is 5.82 Å². The van der Waals surface area contributed by atoms with E-state index in [-0.39, 0.29) is 6.54 Å². The first-order valence-corrected chi connectivity index (χ1v) is 8.64. The van der Waals surface area contributed by atoms with E-state index in [9.17, 15) is 9.59 Å². The minimum absolute atomic E-state index is 0.217. The Bertz CT molecular complexity index is 1030. The zero-order valence-electron chi connectivity index (χ0n) is 15.4. The van der Waals surface area contributed by atoms with Crippen molar-refractivity contribution in [1.29, 1.82) is 5.26 Å². The van der Waals surface area contributed by atoms with Crippen LogP contribution in [0.25, 0.3) is 11.4 Å². The number of nitrogens with one attached hydrogen (secondary N) is 2. The van der Waals surface area contributed by atoms with E-state index >= 15 is 0 Å². The van der Waals surface area contributed by atoms with Crippen LogP contribution in [-0.4, -0.2) is 38.1 Å². The molecule has 10 nitrogen and oxygen atoms in total. The number of hydrogen-bond donors (Lipinski definition) is 2. The molecule has 1 atom stereocenters. The number of nitriles is 1. The summed E-state index contributed by atoms with van der Waals surface area (Å²) >= 11 is 0. The van der Waals surface area contributed by atoms with Gasteiger partial charge >= 0.3 is 0 Å². The van der Waals surface area contributed by atoms with E-state index in [4.69, 9.17) is 10.00 Å². The second-order valence-corrected chi connectivity index (χ2v) is 5.94. The van der Waals surface area contributed by atoms with Crippen LogP contribution in [0.3, 0.4) is 0 Å². The van der Waals surface area contributed by atoms with Crippen LogP contribution in [0.5, 0.6) is 5.75 Å². The lowest BCUT2D eigenvalue weighted by molar-refractivity contribution is -0.133. The summed E-state index contributed by atoms with van der Waals surface area (Å²) < 4.78 is 5.47. The number of rotatable bonds is 6. The molecule has 0 aliphatic rings. The molecule has 0 saturated carbocycles. The van der Waals surface area contributed by atoms with Gasteiger partial charge in [-0.15, -0.1) is 10.2 Å². The van der Waals surface area contributed by atoms with E-state index < -0.39 is 17.9 Å². The number of hydrogen-bond acceptors (Lipinski definition) is 7. The second-order valence-electron chi connectivity index (χ2n) is 5.94. The van der Waals surface area contributed by atoms with E-state index in [0.29, 0.717) is 17.1 Å². The fourth-order valence-electron chi connectivity index (χ4n) is 2.28. The predicted octanol–water partition coefficient (Wildman–Crippen LogP) is 0.827. The number of hydrazine groups is 1. The quantitative estimate of drug-likeness (QED) is 0.594. The standard InChI is InChI=1S/C19H17N7O3/c1-13(29-16-9-7-14(11-20)8-10-16)19(28)23-21-17(27)12-26-24-18(22-25-26)15-5-3-2-4-6-15/h2-10,13H,12H2,1H3,(H,21,27)(H,23,28)/t13-/m1/s1. The molecule has 0 aliphatic heterocycles. The van der Waals surface area contributed by atoms with Crippen LogP contribution in [0.15, 0.2) is 54.6 Å². The van der Waals surface area contributed by atoms with Crippen molar-refractivity contribution in [3.05, 3.63) is 60.2 Å². The number of tetrazole rings is 1. The molecule has 0 saturated heterocycles. The molecule has 0 aliphatic carbocycles. The van der Waals surface area contributed by atoms with Gasteiger partial charge in [-0.25, -0.2) is 0 Å². The van der Waals surface area contributed by atoms with E-state index in [0.717, 1.165) is 10.4 Å². The Balaban J connectivity index is 1.46. The molecule has 29 heavy (non-hydrogen) atoms. The number of aromatic nitrogens is 4. The van der Waals surface area contributed by atoms with Crippen molar-refractivity contribution in [1.82, 2.24) is 31.1 Å². The Hall–Kier alpha value is -4.26. The van der Waals surface area contributed by atoms with Gasteiger partial charge in [-0.1, -0.05) is 30.3 Å². The minimum Gasteiger partial charge on any atom is -0.481 e. The largest absolute Gasteiger partial charge is 0.481 e. The molecule has 2 N–H and O–H groups in total. The molecule has 0 bridgehead atoms. The third-order valence-electron chi connectivity index (χ3n) is 3.76. The fourth-order valence-corrected chi connectivity index (χ4v) is 2.28. The highest BCUT2D eigenvalue weighted by molar-refractivity contribution is 5.84. The molecule has 1 heterocycles. The Morgan fingerprint density at radius 3 is 2.55 bits per heavy atom. The van der Waals surface area contributed by atoms with Gasteiger partial charge in [0.1, 0.15) is 12.3 Å². The molecule has 3 aromatic rings. The fraction of sp³-hybridized carbons (Fsp3) is 0.158. The molecular weight excluding hydrogens is 374 g/mol. The molecule has 10 heteroatoms. The van der Waals surface area contributed by atoms with Crippen LogP contribution < -0.4 is 15.6 Å². The number of carbonyl (C=O) groups is 2. The van der Waals surface area contributed by atoms with E-state index in [1.54, 1.807) is 24.3 Å². The Morgan fingerprint density at radius 2 is 1.86 bits per heavy atom. The normalized spacial score (nSPS) is 11.2. The van der Waals surface area contributed by atoms with Crippen molar-refractivity contribution in [3.8, 4) is 23.2 Å². The van der Waals surface area contributed by atoms with Crippen molar-refractivity contribution >= 4 is 11.8 Å². The summed E-state index contributed by atoms with van der Waals surface area (Å²) in [5, 5.41) is 20.6. The third kappa shape index (κ3) is 5.36. The zero-order chi connectivity index (χ0) is 20.6. The van der Waals surface area contributed by atoms with Gasteiger partial charge in [-0.2, -0.15) is 10.1 Å². The molecule has 0 unspecified atom stereocenters. The van der Waals surface area contributed by atoms with Gasteiger partial charge in [-0.3, -0.25) is 20.4 Å². The molecular formula is C19H17N7O3. The molecule has 0 fully saturated rings. The number of carbonyl (C=O) groups excluding carboxylic acids is 2. The van der Waals surface area contributed by atoms with Crippen molar-refractivity contribution in [2.45, 2.75) is 19.6 Å². The summed E-state index contributed by atoms with van der Waals surface area (Å²) in [5.41, 5.74) is 5.82. The zero-order valence-corrected chi connectivity index (χ0v) is 15.4. The maximum absolute atomic E-state index is 12.1. The van der Waals surface area contributed by atoms with Crippen molar-refractivity contribution in [2.75, 3.05) is 0 Å². The van der Waals surface area contributed by atoms with Gasteiger partial charge < -0.3 is 4.74 Å². The molecule has 2 amide bonds. The van der Waals surface area contributed by atoms with Crippen molar-refractivity contribution < 1.29 is 14.3 Å². The van der Waals surface area contributed by atoms with E-state index in [1.807, 2.05) is 36.4 Å². The highest BCUT2D eigenvalue weighted by Gasteiger charge is 2.16. The van der Waals surface area contributed by atoms with Crippen LogP contribution >= 0.6 is 0 Å². The van der Waals surface area contributed by atoms with Gasteiger partial charge in [0.15, 0.2) is 6.10 Å². The summed E-state index contributed by atoms with van der Waals surface area (Å²) in [6, 6.07) is 17.5. The molecule has 3 rings (SSSR count). The van der Waals surface area contributed by atoms with Gasteiger partial charge in [0, 0.05) is 5.56 Å². The van der Waals surface area contributed by atoms with Crippen LogP contribution in [-0.2, 0) is 16.1 Å². The smallest absolute Gasteiger partial charge is 0.279 e. The monoisotopic (exact) mass is 391 g/mol. The Kier molecular flexibility index (Phi) is 6.12. The van der Waals surface area contributed by atoms with Crippen molar-refractivity contribution in [3.63, 3.8) is 0 Å². The topological polar surface area (TPSA) is 135 Å². The maximum atomic E-state index is 12.1. The average molecular weight is 391 g/mol. The summed E-state index contributed by atoms with van der Waals surface area (Å²) in [6.45, 7) is 1.32.